The molecule has 2 aromatic rings. The van der Waals surface area contributed by atoms with Gasteiger partial charge in [0.15, 0.2) is 0 Å². The van der Waals surface area contributed by atoms with E-state index < -0.39 is 0 Å². The monoisotopic (exact) mass is 270 g/mol. The van der Waals surface area contributed by atoms with Crippen molar-refractivity contribution in [1.29, 1.82) is 0 Å². The SMILES string of the molecule is O=C(Nc1ncn(C2CCCCC2)n1)c1ccccc1. The molecular weight excluding hydrogens is 252 g/mol. The first-order valence-electron chi connectivity index (χ1n) is 7.10. The molecule has 5 heteroatoms. The molecule has 104 valence electrons. The summed E-state index contributed by atoms with van der Waals surface area (Å²) in [7, 11) is 0. The Morgan fingerprint density at radius 3 is 2.65 bits per heavy atom. The van der Waals surface area contributed by atoms with E-state index >= 15 is 0 Å². The van der Waals surface area contributed by atoms with E-state index in [4.69, 9.17) is 0 Å². The fourth-order valence-corrected chi connectivity index (χ4v) is 2.62. The van der Waals surface area contributed by atoms with Crippen LogP contribution in [0.2, 0.25) is 0 Å². The van der Waals surface area contributed by atoms with Gasteiger partial charge in [0.2, 0.25) is 5.95 Å². The molecule has 1 N–H and O–H groups in total. The number of carbonyl (C=O) groups is 1. The highest BCUT2D eigenvalue weighted by Gasteiger charge is 2.17. The maximum absolute atomic E-state index is 12.0. The zero-order valence-corrected chi connectivity index (χ0v) is 11.3. The molecule has 1 amide bonds. The minimum Gasteiger partial charge on any atom is -0.289 e. The quantitative estimate of drug-likeness (QED) is 0.932. The Hall–Kier alpha value is -2.17. The van der Waals surface area contributed by atoms with Gasteiger partial charge in [0.25, 0.3) is 5.91 Å². The summed E-state index contributed by atoms with van der Waals surface area (Å²) in [4.78, 5) is 16.2. The zero-order valence-electron chi connectivity index (χ0n) is 11.3. The van der Waals surface area contributed by atoms with Crippen LogP contribution in [0.4, 0.5) is 5.95 Å². The van der Waals surface area contributed by atoms with Crippen LogP contribution in [0.1, 0.15) is 48.5 Å². The van der Waals surface area contributed by atoms with Gasteiger partial charge in [0, 0.05) is 5.56 Å². The van der Waals surface area contributed by atoms with Gasteiger partial charge < -0.3 is 0 Å². The van der Waals surface area contributed by atoms with Gasteiger partial charge in [0.05, 0.1) is 6.04 Å². The predicted octanol–water partition coefficient (Wildman–Crippen LogP) is 3.04. The van der Waals surface area contributed by atoms with Gasteiger partial charge >= 0.3 is 0 Å². The Balaban J connectivity index is 1.66. The molecule has 0 saturated heterocycles. The molecule has 5 nitrogen and oxygen atoms in total. The van der Waals surface area contributed by atoms with Crippen molar-refractivity contribution in [3.05, 3.63) is 42.2 Å². The van der Waals surface area contributed by atoms with Crippen LogP contribution in [-0.2, 0) is 0 Å². The molecule has 1 fully saturated rings. The van der Waals surface area contributed by atoms with E-state index in [0.29, 0.717) is 17.6 Å². The van der Waals surface area contributed by atoms with Gasteiger partial charge in [-0.15, -0.1) is 5.10 Å². The molecule has 1 aromatic heterocycles. The number of amides is 1. The lowest BCUT2D eigenvalue weighted by atomic mass is 9.96. The number of carbonyl (C=O) groups excluding carboxylic acids is 1. The molecule has 0 aliphatic heterocycles. The molecule has 0 radical (unpaired) electrons. The Morgan fingerprint density at radius 1 is 1.15 bits per heavy atom. The van der Waals surface area contributed by atoms with Crippen LogP contribution in [0.15, 0.2) is 36.7 Å². The summed E-state index contributed by atoms with van der Waals surface area (Å²) in [5.74, 6) is 0.205. The van der Waals surface area contributed by atoms with Gasteiger partial charge in [0.1, 0.15) is 6.33 Å². The van der Waals surface area contributed by atoms with Gasteiger partial charge in [-0.2, -0.15) is 0 Å². The number of rotatable bonds is 3. The minimum absolute atomic E-state index is 0.174. The molecule has 0 bridgehead atoms. The minimum atomic E-state index is -0.174. The van der Waals surface area contributed by atoms with Crippen molar-refractivity contribution in [2.45, 2.75) is 38.1 Å². The maximum Gasteiger partial charge on any atom is 0.258 e. The lowest BCUT2D eigenvalue weighted by Gasteiger charge is -2.21. The van der Waals surface area contributed by atoms with Crippen molar-refractivity contribution in [2.75, 3.05) is 5.32 Å². The second-order valence-corrected chi connectivity index (χ2v) is 5.16. The smallest absolute Gasteiger partial charge is 0.258 e. The van der Waals surface area contributed by atoms with Gasteiger partial charge in [-0.3, -0.25) is 10.1 Å². The van der Waals surface area contributed by atoms with E-state index in [1.165, 1.54) is 19.3 Å². The molecule has 1 aliphatic carbocycles. The number of anilines is 1. The molecule has 20 heavy (non-hydrogen) atoms. The van der Waals surface area contributed by atoms with E-state index in [1.54, 1.807) is 18.5 Å². The number of hydrogen-bond donors (Lipinski definition) is 1. The third kappa shape index (κ3) is 2.87. The highest BCUT2D eigenvalue weighted by Crippen LogP contribution is 2.27. The van der Waals surface area contributed by atoms with E-state index in [0.717, 1.165) is 12.8 Å². The number of hydrogen-bond acceptors (Lipinski definition) is 3. The number of benzene rings is 1. The summed E-state index contributed by atoms with van der Waals surface area (Å²) >= 11 is 0. The average Bonchev–Trinajstić information content (AvgIpc) is 2.97. The van der Waals surface area contributed by atoms with Crippen LogP contribution in [-0.4, -0.2) is 20.7 Å². The maximum atomic E-state index is 12.0. The first-order chi connectivity index (χ1) is 9.83. The average molecular weight is 270 g/mol. The number of nitrogens with zero attached hydrogens (tertiary/aromatic N) is 3. The summed E-state index contributed by atoms with van der Waals surface area (Å²) in [6, 6.07) is 9.53. The second kappa shape index (κ2) is 5.86. The van der Waals surface area contributed by atoms with E-state index in [-0.39, 0.29) is 5.91 Å². The predicted molar refractivity (Wildman–Crippen MR) is 76.5 cm³/mol. The first-order valence-corrected chi connectivity index (χ1v) is 7.10. The molecular formula is C15H18N4O. The molecule has 1 heterocycles. The van der Waals surface area contributed by atoms with Crippen LogP contribution in [0.25, 0.3) is 0 Å². The highest BCUT2D eigenvalue weighted by atomic mass is 16.1. The van der Waals surface area contributed by atoms with Crippen molar-refractivity contribution in [2.24, 2.45) is 0 Å². The third-order valence-electron chi connectivity index (χ3n) is 3.72. The topological polar surface area (TPSA) is 59.8 Å². The van der Waals surface area contributed by atoms with Gasteiger partial charge in [-0.05, 0) is 25.0 Å². The van der Waals surface area contributed by atoms with Crippen LogP contribution >= 0.6 is 0 Å². The highest BCUT2D eigenvalue weighted by molar-refractivity contribution is 6.03. The molecule has 3 rings (SSSR count). The Bertz CT molecular complexity index is 573. The van der Waals surface area contributed by atoms with Crippen LogP contribution < -0.4 is 5.32 Å². The molecule has 1 aliphatic rings. The van der Waals surface area contributed by atoms with Crippen molar-refractivity contribution >= 4 is 11.9 Å². The Labute approximate surface area is 118 Å². The van der Waals surface area contributed by atoms with Gasteiger partial charge in [-0.25, -0.2) is 9.67 Å². The summed E-state index contributed by atoms with van der Waals surface area (Å²) in [6.45, 7) is 0. The zero-order chi connectivity index (χ0) is 13.8. The summed E-state index contributed by atoms with van der Waals surface area (Å²) < 4.78 is 1.89. The fraction of sp³-hybridized carbons (Fsp3) is 0.400. The van der Waals surface area contributed by atoms with Crippen molar-refractivity contribution in [3.8, 4) is 0 Å². The third-order valence-corrected chi connectivity index (χ3v) is 3.72. The summed E-state index contributed by atoms with van der Waals surface area (Å²) in [5.41, 5.74) is 0.613. The molecule has 0 unspecified atom stereocenters. The lowest BCUT2D eigenvalue weighted by molar-refractivity contribution is 0.102. The summed E-state index contributed by atoms with van der Waals surface area (Å²) in [6.07, 6.45) is 7.82. The Morgan fingerprint density at radius 2 is 1.90 bits per heavy atom. The summed E-state index contributed by atoms with van der Waals surface area (Å²) in [5, 5.41) is 7.11. The second-order valence-electron chi connectivity index (χ2n) is 5.16. The van der Waals surface area contributed by atoms with Crippen molar-refractivity contribution in [3.63, 3.8) is 0 Å². The normalized spacial score (nSPS) is 16.0. The molecule has 0 spiro atoms. The first kappa shape index (κ1) is 12.8. The standard InChI is InChI=1S/C15H18N4O/c20-14(12-7-3-1-4-8-12)17-15-16-11-19(18-15)13-9-5-2-6-10-13/h1,3-4,7-8,11,13H,2,5-6,9-10H2,(H,17,18,20). The van der Waals surface area contributed by atoms with E-state index in [2.05, 4.69) is 15.4 Å². The largest absolute Gasteiger partial charge is 0.289 e. The van der Waals surface area contributed by atoms with E-state index in [1.807, 2.05) is 22.9 Å². The van der Waals surface area contributed by atoms with E-state index in [9.17, 15) is 4.79 Å². The fourth-order valence-electron chi connectivity index (χ4n) is 2.62. The number of nitrogens with one attached hydrogen (secondary N) is 1. The van der Waals surface area contributed by atoms with Crippen LogP contribution in [0.3, 0.4) is 0 Å². The van der Waals surface area contributed by atoms with Crippen molar-refractivity contribution in [1.82, 2.24) is 14.8 Å². The van der Waals surface area contributed by atoms with Crippen LogP contribution in [0.5, 0.6) is 0 Å². The Kier molecular flexibility index (Phi) is 3.76. The van der Waals surface area contributed by atoms with Gasteiger partial charge in [-0.1, -0.05) is 37.5 Å². The van der Waals surface area contributed by atoms with Crippen molar-refractivity contribution < 1.29 is 4.79 Å². The molecule has 1 aromatic carbocycles. The lowest BCUT2D eigenvalue weighted by Crippen LogP contribution is -2.15. The molecule has 1 saturated carbocycles. The van der Waals surface area contributed by atoms with Crippen LogP contribution in [0, 0.1) is 0 Å². The number of aromatic nitrogens is 3. The molecule has 0 atom stereocenters.